The van der Waals surface area contributed by atoms with Crippen LogP contribution in [0.25, 0.3) is 0 Å². The summed E-state index contributed by atoms with van der Waals surface area (Å²) in [5.41, 5.74) is 4.17. The Morgan fingerprint density at radius 3 is 2.47 bits per heavy atom. The Kier molecular flexibility index (Phi) is 7.97. The monoisotopic (exact) mass is 462 g/mol. The molecule has 8 heteroatoms. The van der Waals surface area contributed by atoms with Crippen LogP contribution in [0.5, 0.6) is 11.5 Å². The van der Waals surface area contributed by atoms with E-state index in [1.54, 1.807) is 12.1 Å². The van der Waals surface area contributed by atoms with Gasteiger partial charge in [-0.2, -0.15) is 5.10 Å². The molecule has 0 heterocycles. The third-order valence-electron chi connectivity index (χ3n) is 3.83. The van der Waals surface area contributed by atoms with Crippen molar-refractivity contribution in [3.8, 4) is 11.5 Å². The molecule has 0 bridgehead atoms. The first-order chi connectivity index (χ1) is 14.5. The van der Waals surface area contributed by atoms with E-state index in [0.29, 0.717) is 33.2 Å². The van der Waals surface area contributed by atoms with Crippen LogP contribution >= 0.6 is 34.8 Å². The van der Waals surface area contributed by atoms with Crippen LogP contribution in [-0.2, 0) is 11.4 Å². The van der Waals surface area contributed by atoms with Crippen molar-refractivity contribution >= 4 is 46.9 Å². The topological polar surface area (TPSA) is 59.9 Å². The van der Waals surface area contributed by atoms with E-state index in [4.69, 9.17) is 44.3 Å². The van der Waals surface area contributed by atoms with Crippen LogP contribution in [-0.4, -0.2) is 18.7 Å². The van der Waals surface area contributed by atoms with Crippen LogP contribution in [0.4, 0.5) is 0 Å². The lowest BCUT2D eigenvalue weighted by Crippen LogP contribution is -2.24. The van der Waals surface area contributed by atoms with Crippen LogP contribution in [0.15, 0.2) is 71.8 Å². The lowest BCUT2D eigenvalue weighted by molar-refractivity contribution is -0.123. The van der Waals surface area contributed by atoms with Gasteiger partial charge in [0.1, 0.15) is 18.1 Å². The maximum atomic E-state index is 11.9. The summed E-state index contributed by atoms with van der Waals surface area (Å²) in [6, 6.07) is 19.5. The largest absolute Gasteiger partial charge is 0.489 e. The molecular weight excluding hydrogens is 447 g/mol. The van der Waals surface area contributed by atoms with Crippen LogP contribution in [0.1, 0.15) is 11.1 Å². The zero-order valence-corrected chi connectivity index (χ0v) is 17.9. The van der Waals surface area contributed by atoms with E-state index < -0.39 is 5.91 Å². The first-order valence-electron chi connectivity index (χ1n) is 8.87. The molecule has 3 rings (SSSR count). The minimum atomic E-state index is -0.424. The van der Waals surface area contributed by atoms with Crippen molar-refractivity contribution in [2.45, 2.75) is 6.61 Å². The predicted octanol–water partition coefficient (Wildman–Crippen LogP) is 5.75. The zero-order valence-electron chi connectivity index (χ0n) is 15.6. The van der Waals surface area contributed by atoms with E-state index in [9.17, 15) is 4.79 Å². The average molecular weight is 464 g/mol. The van der Waals surface area contributed by atoms with E-state index in [0.717, 1.165) is 11.1 Å². The zero-order chi connectivity index (χ0) is 21.3. The summed E-state index contributed by atoms with van der Waals surface area (Å²) in [6.45, 7) is 0.183. The fraction of sp³-hybridized carbons (Fsp3) is 0.0909. The fourth-order valence-corrected chi connectivity index (χ4v) is 2.97. The molecule has 0 fully saturated rings. The van der Waals surface area contributed by atoms with Gasteiger partial charge in [-0.3, -0.25) is 4.79 Å². The van der Waals surface area contributed by atoms with Crippen molar-refractivity contribution < 1.29 is 14.3 Å². The molecule has 0 spiro atoms. The van der Waals surface area contributed by atoms with Gasteiger partial charge < -0.3 is 9.47 Å². The normalized spacial score (nSPS) is 10.8. The van der Waals surface area contributed by atoms with E-state index in [1.165, 1.54) is 12.3 Å². The molecule has 3 aromatic rings. The SMILES string of the molecule is O=C(COc1ccc(Cl)cc1Cl)NN=Cc1cccc(OCc2ccc(Cl)cc2)c1. The number of hydrogen-bond donors (Lipinski definition) is 1. The Morgan fingerprint density at radius 2 is 1.70 bits per heavy atom. The lowest BCUT2D eigenvalue weighted by atomic mass is 10.2. The molecule has 0 atom stereocenters. The standard InChI is InChI=1S/C22H17Cl3N2O3/c23-17-6-4-15(5-7-17)13-29-19-3-1-2-16(10-19)12-26-27-22(28)14-30-21-9-8-18(24)11-20(21)25/h1-12H,13-14H2,(H,27,28). The summed E-state index contributed by atoms with van der Waals surface area (Å²) in [7, 11) is 0. The highest BCUT2D eigenvalue weighted by Crippen LogP contribution is 2.27. The van der Waals surface area contributed by atoms with Gasteiger partial charge in [-0.1, -0.05) is 59.1 Å². The Labute approximate surface area is 189 Å². The van der Waals surface area contributed by atoms with Gasteiger partial charge >= 0.3 is 0 Å². The van der Waals surface area contributed by atoms with Crippen molar-refractivity contribution in [3.05, 3.63) is 92.9 Å². The minimum Gasteiger partial charge on any atom is -0.489 e. The number of halogens is 3. The molecule has 0 saturated carbocycles. The number of rotatable bonds is 8. The third kappa shape index (κ3) is 6.95. The highest BCUT2D eigenvalue weighted by atomic mass is 35.5. The number of nitrogens with zero attached hydrogens (tertiary/aromatic N) is 1. The summed E-state index contributed by atoms with van der Waals surface area (Å²) < 4.78 is 11.1. The molecular formula is C22H17Cl3N2O3. The fourth-order valence-electron chi connectivity index (χ4n) is 2.38. The molecule has 1 amide bonds. The maximum Gasteiger partial charge on any atom is 0.277 e. The molecule has 0 radical (unpaired) electrons. The Hall–Kier alpha value is -2.73. The van der Waals surface area contributed by atoms with Gasteiger partial charge in [-0.25, -0.2) is 5.43 Å². The van der Waals surface area contributed by atoms with Gasteiger partial charge in [0.25, 0.3) is 5.91 Å². The van der Waals surface area contributed by atoms with Gasteiger partial charge in [0.2, 0.25) is 0 Å². The summed E-state index contributed by atoms with van der Waals surface area (Å²) >= 11 is 17.7. The van der Waals surface area contributed by atoms with Crippen molar-refractivity contribution in [2.24, 2.45) is 5.10 Å². The van der Waals surface area contributed by atoms with E-state index >= 15 is 0 Å². The van der Waals surface area contributed by atoms with E-state index in [1.807, 2.05) is 48.5 Å². The first kappa shape index (κ1) is 22.0. The van der Waals surface area contributed by atoms with Crippen LogP contribution in [0, 0.1) is 0 Å². The Morgan fingerprint density at radius 1 is 0.933 bits per heavy atom. The second-order valence-corrected chi connectivity index (χ2v) is 7.42. The molecule has 1 N–H and O–H groups in total. The third-order valence-corrected chi connectivity index (χ3v) is 4.61. The average Bonchev–Trinajstić information content (AvgIpc) is 2.73. The summed E-state index contributed by atoms with van der Waals surface area (Å²) in [5.74, 6) is 0.624. The van der Waals surface area contributed by atoms with E-state index in [2.05, 4.69) is 10.5 Å². The summed E-state index contributed by atoms with van der Waals surface area (Å²) in [4.78, 5) is 11.9. The quantitative estimate of drug-likeness (QED) is 0.341. The predicted molar refractivity (Wildman–Crippen MR) is 120 cm³/mol. The molecule has 0 unspecified atom stereocenters. The maximum absolute atomic E-state index is 11.9. The summed E-state index contributed by atoms with van der Waals surface area (Å²) in [6.07, 6.45) is 1.52. The number of ether oxygens (including phenoxy) is 2. The number of amides is 1. The Bertz CT molecular complexity index is 1040. The van der Waals surface area contributed by atoms with Gasteiger partial charge in [-0.15, -0.1) is 0 Å². The molecule has 0 aromatic heterocycles. The van der Waals surface area contributed by atoms with Gasteiger partial charge in [0.15, 0.2) is 6.61 Å². The first-order valence-corrected chi connectivity index (χ1v) is 10.00. The van der Waals surface area contributed by atoms with Gasteiger partial charge in [-0.05, 0) is 53.6 Å². The van der Waals surface area contributed by atoms with Gasteiger partial charge in [0, 0.05) is 10.0 Å². The van der Waals surface area contributed by atoms with Crippen LogP contribution < -0.4 is 14.9 Å². The molecule has 0 saturated heterocycles. The molecule has 0 aliphatic heterocycles. The van der Waals surface area contributed by atoms with Crippen molar-refractivity contribution in [3.63, 3.8) is 0 Å². The van der Waals surface area contributed by atoms with Crippen LogP contribution in [0.2, 0.25) is 15.1 Å². The highest BCUT2D eigenvalue weighted by molar-refractivity contribution is 6.35. The summed E-state index contributed by atoms with van der Waals surface area (Å²) in [5, 5.41) is 5.43. The van der Waals surface area contributed by atoms with Gasteiger partial charge in [0.05, 0.1) is 11.2 Å². The molecule has 30 heavy (non-hydrogen) atoms. The van der Waals surface area contributed by atoms with Crippen molar-refractivity contribution in [1.29, 1.82) is 0 Å². The number of hydrogen-bond acceptors (Lipinski definition) is 4. The molecule has 0 aliphatic carbocycles. The van der Waals surface area contributed by atoms with Crippen molar-refractivity contribution in [2.75, 3.05) is 6.61 Å². The lowest BCUT2D eigenvalue weighted by Gasteiger charge is -2.07. The second-order valence-electron chi connectivity index (χ2n) is 6.14. The highest BCUT2D eigenvalue weighted by Gasteiger charge is 2.06. The molecule has 3 aromatic carbocycles. The molecule has 0 aliphatic rings. The molecule has 5 nitrogen and oxygen atoms in total. The smallest absolute Gasteiger partial charge is 0.277 e. The minimum absolute atomic E-state index is 0.233. The molecule has 154 valence electrons. The van der Waals surface area contributed by atoms with Crippen molar-refractivity contribution in [1.82, 2.24) is 5.43 Å². The second kappa shape index (κ2) is 10.9. The number of carbonyl (C=O) groups is 1. The number of benzene rings is 3. The Balaban J connectivity index is 1.47. The van der Waals surface area contributed by atoms with E-state index in [-0.39, 0.29) is 6.61 Å². The van der Waals surface area contributed by atoms with Crippen LogP contribution in [0.3, 0.4) is 0 Å². The number of carbonyl (C=O) groups excluding carboxylic acids is 1. The number of nitrogens with one attached hydrogen (secondary N) is 1. The number of hydrazone groups is 1.